The molecule has 0 saturated carbocycles. The summed E-state index contributed by atoms with van der Waals surface area (Å²) < 4.78 is 5.88. The molecule has 1 saturated heterocycles. The summed E-state index contributed by atoms with van der Waals surface area (Å²) in [5.41, 5.74) is 4.16. The van der Waals surface area contributed by atoms with Gasteiger partial charge in [-0.1, -0.05) is 42.5 Å². The lowest BCUT2D eigenvalue weighted by atomic mass is 10.0. The van der Waals surface area contributed by atoms with Crippen molar-refractivity contribution in [1.29, 1.82) is 0 Å². The maximum Gasteiger partial charge on any atom is 0.287 e. The fourth-order valence-corrected chi connectivity index (χ4v) is 3.84. The van der Waals surface area contributed by atoms with E-state index >= 15 is 0 Å². The van der Waals surface area contributed by atoms with E-state index in [0.717, 1.165) is 35.5 Å². The van der Waals surface area contributed by atoms with Gasteiger partial charge in [0.25, 0.3) is 5.91 Å². The lowest BCUT2D eigenvalue weighted by Crippen LogP contribution is -3.16. The Labute approximate surface area is 156 Å². The molecule has 1 heterocycles. The Bertz CT molecular complexity index is 750. The molecule has 3 rings (SSSR count). The van der Waals surface area contributed by atoms with Crippen LogP contribution in [0.25, 0.3) is 0 Å². The topological polar surface area (TPSA) is 42.8 Å². The summed E-state index contributed by atoms with van der Waals surface area (Å²) in [6.07, 6.45) is 0.293. The van der Waals surface area contributed by atoms with Crippen molar-refractivity contribution in [1.82, 2.24) is 0 Å². The number of carbonyl (C=O) groups excluding carboxylic acids is 1. The van der Waals surface area contributed by atoms with Crippen LogP contribution in [-0.2, 0) is 9.53 Å². The first-order valence-corrected chi connectivity index (χ1v) is 9.37. The van der Waals surface area contributed by atoms with Crippen LogP contribution in [0.5, 0.6) is 0 Å². The Morgan fingerprint density at radius 2 is 1.73 bits per heavy atom. The van der Waals surface area contributed by atoms with Gasteiger partial charge in [0.05, 0.1) is 0 Å². The number of hydrogen-bond donors (Lipinski definition) is 2. The second-order valence-corrected chi connectivity index (χ2v) is 7.48. The molecule has 138 valence electrons. The van der Waals surface area contributed by atoms with E-state index in [9.17, 15) is 4.79 Å². The van der Waals surface area contributed by atoms with Crippen LogP contribution in [0.15, 0.2) is 48.5 Å². The SMILES string of the molecule is Cc1ccc(C)c(NC(=O)[C@@H](c2ccccc2)[NH+]2C[C@@H](C)O[C@H](C)C2)c1. The predicted molar refractivity (Wildman–Crippen MR) is 104 cm³/mol. The molecular formula is C22H29N2O2+. The summed E-state index contributed by atoms with van der Waals surface area (Å²) in [5, 5.41) is 3.18. The number of morpholine rings is 1. The van der Waals surface area contributed by atoms with Crippen LogP contribution in [0.3, 0.4) is 0 Å². The van der Waals surface area contributed by atoms with Gasteiger partial charge in [-0.3, -0.25) is 4.79 Å². The van der Waals surface area contributed by atoms with Crippen molar-refractivity contribution in [3.63, 3.8) is 0 Å². The smallest absolute Gasteiger partial charge is 0.287 e. The molecule has 0 aromatic heterocycles. The molecule has 3 atom stereocenters. The summed E-state index contributed by atoms with van der Waals surface area (Å²) in [7, 11) is 0. The highest BCUT2D eigenvalue weighted by Gasteiger charge is 2.37. The first kappa shape index (κ1) is 18.6. The quantitative estimate of drug-likeness (QED) is 0.887. The number of aryl methyl sites for hydroxylation is 2. The molecule has 1 amide bonds. The largest absolute Gasteiger partial charge is 0.364 e. The summed E-state index contributed by atoms with van der Waals surface area (Å²) in [5.74, 6) is 0.0428. The first-order chi connectivity index (χ1) is 12.4. The van der Waals surface area contributed by atoms with Gasteiger partial charge in [0.15, 0.2) is 6.04 Å². The maximum atomic E-state index is 13.3. The minimum atomic E-state index is -0.245. The molecular weight excluding hydrogens is 324 g/mol. The number of amides is 1. The molecule has 1 aliphatic heterocycles. The van der Waals surface area contributed by atoms with Crippen LogP contribution in [0, 0.1) is 13.8 Å². The van der Waals surface area contributed by atoms with Gasteiger partial charge in [0, 0.05) is 11.3 Å². The van der Waals surface area contributed by atoms with Gasteiger partial charge < -0.3 is 15.0 Å². The molecule has 1 fully saturated rings. The van der Waals surface area contributed by atoms with E-state index in [2.05, 4.69) is 25.2 Å². The normalized spacial score (nSPS) is 24.1. The molecule has 1 aliphatic rings. The molecule has 4 nitrogen and oxygen atoms in total. The molecule has 0 radical (unpaired) electrons. The fraction of sp³-hybridized carbons (Fsp3) is 0.409. The maximum absolute atomic E-state index is 13.3. The van der Waals surface area contributed by atoms with Crippen molar-refractivity contribution < 1.29 is 14.4 Å². The third kappa shape index (κ3) is 4.32. The average molecular weight is 353 g/mol. The average Bonchev–Trinajstić information content (AvgIpc) is 2.58. The molecule has 26 heavy (non-hydrogen) atoms. The molecule has 2 aromatic rings. The fourth-order valence-electron chi connectivity index (χ4n) is 3.84. The molecule has 0 unspecified atom stereocenters. The lowest BCUT2D eigenvalue weighted by molar-refractivity contribution is -0.936. The minimum Gasteiger partial charge on any atom is -0.364 e. The van der Waals surface area contributed by atoms with Crippen molar-refractivity contribution in [2.45, 2.75) is 45.9 Å². The number of nitrogens with one attached hydrogen (secondary N) is 2. The Morgan fingerprint density at radius 3 is 2.38 bits per heavy atom. The molecule has 0 aliphatic carbocycles. The van der Waals surface area contributed by atoms with Crippen molar-refractivity contribution >= 4 is 11.6 Å². The van der Waals surface area contributed by atoms with Gasteiger partial charge in [0.2, 0.25) is 0 Å². The standard InChI is InChI=1S/C22H28N2O2/c1-15-10-11-16(2)20(12-15)23-22(25)21(19-8-6-5-7-9-19)24-13-17(3)26-18(4)14-24/h5-12,17-18,21H,13-14H2,1-4H3,(H,23,25)/p+1/t17-,18-,21-/m1/s1. The molecule has 0 bridgehead atoms. The van der Waals surface area contributed by atoms with Gasteiger partial charge >= 0.3 is 0 Å². The highest BCUT2D eigenvalue weighted by Crippen LogP contribution is 2.19. The molecule has 2 aromatic carbocycles. The molecule has 2 N–H and O–H groups in total. The lowest BCUT2D eigenvalue weighted by Gasteiger charge is -2.36. The molecule has 0 spiro atoms. The van der Waals surface area contributed by atoms with Gasteiger partial charge in [-0.05, 0) is 44.9 Å². The van der Waals surface area contributed by atoms with Crippen LogP contribution < -0.4 is 10.2 Å². The van der Waals surface area contributed by atoms with E-state index in [1.165, 1.54) is 4.90 Å². The van der Waals surface area contributed by atoms with Crippen LogP contribution in [-0.4, -0.2) is 31.2 Å². The Balaban J connectivity index is 1.90. The van der Waals surface area contributed by atoms with Crippen LogP contribution in [0.2, 0.25) is 0 Å². The van der Waals surface area contributed by atoms with E-state index in [4.69, 9.17) is 4.74 Å². The minimum absolute atomic E-state index is 0.0428. The van der Waals surface area contributed by atoms with E-state index in [0.29, 0.717) is 0 Å². The number of quaternary nitrogens is 1. The second kappa shape index (κ2) is 8.02. The monoisotopic (exact) mass is 353 g/mol. The number of hydrogen-bond acceptors (Lipinski definition) is 2. The Kier molecular flexibility index (Phi) is 5.74. The van der Waals surface area contributed by atoms with Gasteiger partial charge in [-0.25, -0.2) is 0 Å². The van der Waals surface area contributed by atoms with Crippen LogP contribution in [0.4, 0.5) is 5.69 Å². The zero-order chi connectivity index (χ0) is 18.7. The van der Waals surface area contributed by atoms with Crippen molar-refractivity contribution in [2.24, 2.45) is 0 Å². The van der Waals surface area contributed by atoms with Gasteiger partial charge in [0.1, 0.15) is 25.3 Å². The van der Waals surface area contributed by atoms with Gasteiger partial charge in [-0.15, -0.1) is 0 Å². The number of benzene rings is 2. The zero-order valence-corrected chi connectivity index (χ0v) is 16.1. The highest BCUT2D eigenvalue weighted by molar-refractivity contribution is 5.95. The number of ether oxygens (including phenoxy) is 1. The van der Waals surface area contributed by atoms with E-state index in [1.54, 1.807) is 0 Å². The zero-order valence-electron chi connectivity index (χ0n) is 16.1. The summed E-state index contributed by atoms with van der Waals surface area (Å²) in [6, 6.07) is 16.0. The van der Waals surface area contributed by atoms with Gasteiger partial charge in [-0.2, -0.15) is 0 Å². The van der Waals surface area contributed by atoms with E-state index < -0.39 is 0 Å². The number of carbonyl (C=O) groups is 1. The third-order valence-corrected chi connectivity index (χ3v) is 5.02. The van der Waals surface area contributed by atoms with E-state index in [-0.39, 0.29) is 24.2 Å². The molecule has 4 heteroatoms. The van der Waals surface area contributed by atoms with Crippen LogP contribution in [0.1, 0.15) is 36.6 Å². The first-order valence-electron chi connectivity index (χ1n) is 9.37. The van der Waals surface area contributed by atoms with Crippen molar-refractivity contribution in [2.75, 3.05) is 18.4 Å². The Hall–Kier alpha value is -2.17. The third-order valence-electron chi connectivity index (χ3n) is 5.02. The summed E-state index contributed by atoms with van der Waals surface area (Å²) in [6.45, 7) is 9.88. The predicted octanol–water partition coefficient (Wildman–Crippen LogP) is 2.68. The number of anilines is 1. The van der Waals surface area contributed by atoms with Crippen molar-refractivity contribution in [3.05, 3.63) is 65.2 Å². The summed E-state index contributed by atoms with van der Waals surface area (Å²) in [4.78, 5) is 14.6. The second-order valence-electron chi connectivity index (χ2n) is 7.48. The number of rotatable bonds is 4. The Morgan fingerprint density at radius 1 is 1.08 bits per heavy atom. The highest BCUT2D eigenvalue weighted by atomic mass is 16.5. The van der Waals surface area contributed by atoms with E-state index in [1.807, 2.05) is 56.3 Å². The van der Waals surface area contributed by atoms with Crippen LogP contribution >= 0.6 is 0 Å². The summed E-state index contributed by atoms with van der Waals surface area (Å²) >= 11 is 0. The van der Waals surface area contributed by atoms with Crippen molar-refractivity contribution in [3.8, 4) is 0 Å².